The molecule has 2 fully saturated rings. The highest BCUT2D eigenvalue weighted by molar-refractivity contribution is 7.89. The lowest BCUT2D eigenvalue weighted by molar-refractivity contribution is 0.0832. The standard InChI is InChI=1S/C23H27FN6O3S/c1-23(5-6-23)27-34(32,33)20-8-17-19(9-18(20)24)30-16(7-14-3-4-14)11-25-22(30)29(21(17)31)13-15-10-26-28(2)12-15/h8-10,12,14,16,27H,3-7,11,13H2,1-2H3/t16-/m1/s1. The zero-order valence-electron chi connectivity index (χ0n) is 19.2. The average Bonchev–Trinajstić information content (AvgIpc) is 3.63. The van der Waals surface area contributed by atoms with Crippen molar-refractivity contribution in [2.45, 2.75) is 62.0 Å². The van der Waals surface area contributed by atoms with E-state index in [0.29, 0.717) is 37.0 Å². The number of aromatic nitrogens is 2. The van der Waals surface area contributed by atoms with Gasteiger partial charge in [-0.3, -0.25) is 19.4 Å². The first-order chi connectivity index (χ1) is 16.1. The third kappa shape index (κ3) is 3.70. The van der Waals surface area contributed by atoms with Crippen LogP contribution < -0.4 is 9.62 Å². The van der Waals surface area contributed by atoms with E-state index < -0.39 is 32.2 Å². The molecule has 2 aliphatic heterocycles. The van der Waals surface area contributed by atoms with Crippen LogP contribution in [0.25, 0.3) is 0 Å². The van der Waals surface area contributed by atoms with Crippen LogP contribution in [0.2, 0.25) is 0 Å². The van der Waals surface area contributed by atoms with Crippen molar-refractivity contribution in [2.24, 2.45) is 18.0 Å². The predicted molar refractivity (Wildman–Crippen MR) is 123 cm³/mol. The van der Waals surface area contributed by atoms with Crippen molar-refractivity contribution in [2.75, 3.05) is 11.4 Å². The second-order valence-electron chi connectivity index (χ2n) is 10.2. The van der Waals surface area contributed by atoms with Crippen molar-refractivity contribution in [1.82, 2.24) is 19.4 Å². The molecular formula is C23H27FN6O3S. The van der Waals surface area contributed by atoms with Gasteiger partial charge in [-0.05, 0) is 44.2 Å². The highest BCUT2D eigenvalue weighted by Crippen LogP contribution is 2.42. The number of aliphatic imine (C=N–C) groups is 1. The normalized spacial score (nSPS) is 23.1. The number of sulfonamides is 1. The fourth-order valence-corrected chi connectivity index (χ4v) is 6.40. The zero-order valence-corrected chi connectivity index (χ0v) is 20.0. The maximum Gasteiger partial charge on any atom is 0.263 e. The smallest absolute Gasteiger partial charge is 0.263 e. The number of carbonyl (C=O) groups excluding carboxylic acids is 1. The molecule has 1 aromatic carbocycles. The molecule has 2 aliphatic carbocycles. The van der Waals surface area contributed by atoms with Crippen LogP contribution in [0, 0.1) is 11.7 Å². The molecule has 11 heteroatoms. The van der Waals surface area contributed by atoms with Crippen LogP contribution in [-0.2, 0) is 23.6 Å². The van der Waals surface area contributed by atoms with E-state index in [1.54, 1.807) is 29.7 Å². The van der Waals surface area contributed by atoms with Crippen LogP contribution in [0.1, 0.15) is 54.9 Å². The van der Waals surface area contributed by atoms with Crippen LogP contribution in [0.3, 0.4) is 0 Å². The molecule has 4 aliphatic rings. The summed E-state index contributed by atoms with van der Waals surface area (Å²) >= 11 is 0. The van der Waals surface area contributed by atoms with Gasteiger partial charge in [0.1, 0.15) is 10.7 Å². The van der Waals surface area contributed by atoms with Crippen molar-refractivity contribution in [3.63, 3.8) is 0 Å². The molecule has 0 spiro atoms. The van der Waals surface area contributed by atoms with Gasteiger partial charge in [-0.15, -0.1) is 0 Å². The first kappa shape index (κ1) is 21.7. The predicted octanol–water partition coefficient (Wildman–Crippen LogP) is 2.39. The Morgan fingerprint density at radius 3 is 2.68 bits per heavy atom. The van der Waals surface area contributed by atoms with Crippen LogP contribution in [0.4, 0.5) is 10.1 Å². The number of guanidine groups is 1. The molecule has 180 valence electrons. The fourth-order valence-electron chi connectivity index (χ4n) is 4.85. The number of halogens is 1. The fraction of sp³-hybridized carbons (Fsp3) is 0.522. The van der Waals surface area contributed by atoms with Gasteiger partial charge in [0.25, 0.3) is 5.91 Å². The van der Waals surface area contributed by atoms with Gasteiger partial charge in [0.2, 0.25) is 16.0 Å². The number of hydrogen-bond donors (Lipinski definition) is 1. The quantitative estimate of drug-likeness (QED) is 0.648. The molecule has 6 rings (SSSR count). The second kappa shape index (κ2) is 7.35. The minimum Gasteiger partial charge on any atom is -0.306 e. The topological polar surface area (TPSA) is 99.9 Å². The molecule has 0 radical (unpaired) electrons. The van der Waals surface area contributed by atoms with E-state index in [2.05, 4.69) is 14.8 Å². The lowest BCUT2D eigenvalue weighted by Gasteiger charge is -2.39. The van der Waals surface area contributed by atoms with Crippen LogP contribution in [0.5, 0.6) is 0 Å². The maximum absolute atomic E-state index is 15.3. The van der Waals surface area contributed by atoms with Gasteiger partial charge < -0.3 is 4.90 Å². The number of nitrogens with zero attached hydrogens (tertiary/aromatic N) is 5. The Bertz CT molecular complexity index is 1330. The van der Waals surface area contributed by atoms with Gasteiger partial charge in [0, 0.05) is 24.3 Å². The highest BCUT2D eigenvalue weighted by atomic mass is 32.2. The largest absolute Gasteiger partial charge is 0.306 e. The molecule has 3 heterocycles. The van der Waals surface area contributed by atoms with E-state index in [9.17, 15) is 13.2 Å². The molecule has 0 saturated heterocycles. The summed E-state index contributed by atoms with van der Waals surface area (Å²) in [5.41, 5.74) is 0.837. The second-order valence-corrected chi connectivity index (χ2v) is 11.9. The molecule has 9 nitrogen and oxygen atoms in total. The average molecular weight is 487 g/mol. The number of benzene rings is 1. The summed E-state index contributed by atoms with van der Waals surface area (Å²) < 4.78 is 45.5. The molecule has 0 bridgehead atoms. The van der Waals surface area contributed by atoms with E-state index in [0.717, 1.165) is 12.0 Å². The first-order valence-corrected chi connectivity index (χ1v) is 13.1. The number of amides is 1. The van der Waals surface area contributed by atoms with E-state index in [1.165, 1.54) is 25.0 Å². The Balaban J connectivity index is 1.43. The Morgan fingerprint density at radius 2 is 2.03 bits per heavy atom. The molecule has 1 aromatic heterocycles. The van der Waals surface area contributed by atoms with Crippen LogP contribution in [-0.4, -0.2) is 53.1 Å². The van der Waals surface area contributed by atoms with Crippen molar-refractivity contribution in [1.29, 1.82) is 0 Å². The Morgan fingerprint density at radius 1 is 1.26 bits per heavy atom. The highest BCUT2D eigenvalue weighted by Gasteiger charge is 2.46. The Hall–Kier alpha value is -2.79. The number of rotatable bonds is 7. The third-order valence-electron chi connectivity index (χ3n) is 7.12. The lowest BCUT2D eigenvalue weighted by Crippen LogP contribution is -2.52. The van der Waals surface area contributed by atoms with Crippen LogP contribution in [0.15, 0.2) is 34.4 Å². The number of nitrogens with one attached hydrogen (secondary N) is 1. The third-order valence-corrected chi connectivity index (χ3v) is 8.78. The van der Waals surface area contributed by atoms with Gasteiger partial charge >= 0.3 is 0 Å². The van der Waals surface area contributed by atoms with Crippen molar-refractivity contribution < 1.29 is 17.6 Å². The van der Waals surface area contributed by atoms with Crippen molar-refractivity contribution >= 4 is 27.6 Å². The molecule has 1 amide bonds. The monoisotopic (exact) mass is 486 g/mol. The molecule has 1 atom stereocenters. The van der Waals surface area contributed by atoms with Gasteiger partial charge in [-0.25, -0.2) is 17.5 Å². The summed E-state index contributed by atoms with van der Waals surface area (Å²) in [6.07, 6.45) is 8.15. The minimum atomic E-state index is -4.12. The van der Waals surface area contributed by atoms with Gasteiger partial charge in [-0.1, -0.05) is 12.8 Å². The SMILES string of the molecule is Cn1cc(CN2C(=O)c3cc(S(=O)(=O)NC4(C)CC4)c(F)cc3N3C2=NC[C@H]3CC2CC2)cn1. The summed E-state index contributed by atoms with van der Waals surface area (Å²) in [4.78, 5) is 21.3. The first-order valence-electron chi connectivity index (χ1n) is 11.6. The summed E-state index contributed by atoms with van der Waals surface area (Å²) in [5, 5.41) is 4.19. The number of aryl methyl sites for hydroxylation is 1. The van der Waals surface area contributed by atoms with Crippen molar-refractivity contribution in [3.8, 4) is 0 Å². The van der Waals surface area contributed by atoms with E-state index in [4.69, 9.17) is 0 Å². The molecule has 34 heavy (non-hydrogen) atoms. The molecule has 0 unspecified atom stereocenters. The van der Waals surface area contributed by atoms with Gasteiger partial charge in [0.15, 0.2) is 0 Å². The van der Waals surface area contributed by atoms with E-state index in [1.807, 2.05) is 11.1 Å². The zero-order chi connectivity index (χ0) is 23.8. The number of carbonyl (C=O) groups is 1. The summed E-state index contributed by atoms with van der Waals surface area (Å²) in [6, 6.07) is 2.40. The number of fused-ring (bicyclic) bond motifs is 3. The minimum absolute atomic E-state index is 0.0103. The van der Waals surface area contributed by atoms with Gasteiger partial charge in [-0.2, -0.15) is 5.10 Å². The maximum atomic E-state index is 15.3. The summed E-state index contributed by atoms with van der Waals surface area (Å²) in [7, 11) is -2.32. The van der Waals surface area contributed by atoms with E-state index >= 15 is 4.39 Å². The number of anilines is 1. The van der Waals surface area contributed by atoms with E-state index in [-0.39, 0.29) is 18.2 Å². The Labute approximate surface area is 197 Å². The van der Waals surface area contributed by atoms with Gasteiger partial charge in [0.05, 0.1) is 36.6 Å². The summed E-state index contributed by atoms with van der Waals surface area (Å²) in [5.74, 6) is -0.151. The summed E-state index contributed by atoms with van der Waals surface area (Å²) in [6.45, 7) is 2.55. The molecular weight excluding hydrogens is 459 g/mol. The molecule has 2 saturated carbocycles. The van der Waals surface area contributed by atoms with Crippen molar-refractivity contribution in [3.05, 3.63) is 41.5 Å². The number of hydrogen-bond acceptors (Lipinski definition) is 6. The molecule has 2 aromatic rings. The molecule has 1 N–H and O–H groups in total. The van der Waals surface area contributed by atoms with Crippen LogP contribution >= 0.6 is 0 Å². The Kier molecular flexibility index (Phi) is 4.70. The lowest BCUT2D eigenvalue weighted by atomic mass is 10.0.